The highest BCUT2D eigenvalue weighted by atomic mass is 32.1. The molecule has 0 N–H and O–H groups in total. The Labute approximate surface area is 331 Å². The SMILES string of the molecule is c1ccc(-c2nc(-c3ccc(-c4cncnc4)cc3)cc(-c3cc(-c4ccc5sc6ccccc6c5c4)cc(-c4ccc5sc6ccccc6c5c4)c3)n2)cc1. The first kappa shape index (κ1) is 32.6. The third-order valence-corrected chi connectivity index (χ3v) is 12.8. The maximum absolute atomic E-state index is 5.27. The molecule has 0 aliphatic rings. The van der Waals surface area contributed by atoms with Crippen LogP contribution in [0, 0.1) is 0 Å². The van der Waals surface area contributed by atoms with Gasteiger partial charge in [0.2, 0.25) is 0 Å². The Morgan fingerprint density at radius 1 is 0.304 bits per heavy atom. The van der Waals surface area contributed by atoms with Crippen molar-refractivity contribution in [2.75, 3.05) is 0 Å². The monoisotopic (exact) mass is 750 g/mol. The quantitative estimate of drug-likeness (QED) is 0.170. The van der Waals surface area contributed by atoms with Gasteiger partial charge in [0.15, 0.2) is 5.82 Å². The predicted molar refractivity (Wildman–Crippen MR) is 236 cm³/mol. The largest absolute Gasteiger partial charge is 0.244 e. The van der Waals surface area contributed by atoms with Crippen LogP contribution in [0.2, 0.25) is 0 Å². The van der Waals surface area contributed by atoms with Gasteiger partial charge in [0.05, 0.1) is 11.4 Å². The van der Waals surface area contributed by atoms with Crippen LogP contribution in [0.1, 0.15) is 0 Å². The lowest BCUT2D eigenvalue weighted by atomic mass is 9.93. The van der Waals surface area contributed by atoms with E-state index in [0.29, 0.717) is 5.82 Å². The molecule has 56 heavy (non-hydrogen) atoms. The van der Waals surface area contributed by atoms with Crippen LogP contribution in [0.25, 0.3) is 108 Å². The molecule has 0 saturated carbocycles. The molecule has 0 aliphatic carbocycles. The second-order valence-electron chi connectivity index (χ2n) is 13.9. The first-order valence-corrected chi connectivity index (χ1v) is 20.1. The maximum Gasteiger partial charge on any atom is 0.160 e. The molecule has 262 valence electrons. The van der Waals surface area contributed by atoms with Crippen molar-refractivity contribution in [3.05, 3.63) is 183 Å². The lowest BCUT2D eigenvalue weighted by Gasteiger charge is -2.14. The zero-order valence-corrected chi connectivity index (χ0v) is 31.6. The summed E-state index contributed by atoms with van der Waals surface area (Å²) < 4.78 is 5.19. The fourth-order valence-corrected chi connectivity index (χ4v) is 9.83. The van der Waals surface area contributed by atoms with E-state index in [1.807, 2.05) is 53.3 Å². The van der Waals surface area contributed by atoms with E-state index in [1.165, 1.54) is 51.5 Å². The Morgan fingerprint density at radius 3 is 1.39 bits per heavy atom. The Kier molecular flexibility index (Phi) is 7.83. The second-order valence-corrected chi connectivity index (χ2v) is 16.1. The lowest BCUT2D eigenvalue weighted by Crippen LogP contribution is -1.96. The van der Waals surface area contributed by atoms with Gasteiger partial charge in [0, 0.05) is 75.0 Å². The fraction of sp³-hybridized carbons (Fsp3) is 0. The van der Waals surface area contributed by atoms with Crippen molar-refractivity contribution < 1.29 is 0 Å². The fourth-order valence-electron chi connectivity index (χ4n) is 7.66. The zero-order chi connectivity index (χ0) is 37.0. The highest BCUT2D eigenvalue weighted by molar-refractivity contribution is 7.26. The summed E-state index contributed by atoms with van der Waals surface area (Å²) in [6, 6.07) is 58.9. The minimum absolute atomic E-state index is 0.683. The normalized spacial score (nSPS) is 11.6. The Hall–Kier alpha value is -6.86. The summed E-state index contributed by atoms with van der Waals surface area (Å²) in [5.41, 5.74) is 11.4. The number of rotatable bonds is 6. The predicted octanol–water partition coefficient (Wildman–Crippen LogP) is 14.0. The average Bonchev–Trinajstić information content (AvgIpc) is 3.84. The molecule has 11 rings (SSSR count). The van der Waals surface area contributed by atoms with Crippen LogP contribution in [-0.2, 0) is 0 Å². The van der Waals surface area contributed by atoms with E-state index in [2.05, 4.69) is 156 Å². The molecule has 0 fully saturated rings. The summed E-state index contributed by atoms with van der Waals surface area (Å²) in [5, 5.41) is 5.14. The molecule has 0 spiro atoms. The Morgan fingerprint density at radius 2 is 0.786 bits per heavy atom. The second kappa shape index (κ2) is 13.5. The molecule has 4 aromatic heterocycles. The first-order chi connectivity index (χ1) is 27.7. The highest BCUT2D eigenvalue weighted by Crippen LogP contribution is 2.41. The molecule has 0 saturated heterocycles. The van der Waals surface area contributed by atoms with Crippen LogP contribution in [0.5, 0.6) is 0 Å². The topological polar surface area (TPSA) is 51.6 Å². The van der Waals surface area contributed by atoms with E-state index in [0.717, 1.165) is 50.3 Å². The first-order valence-electron chi connectivity index (χ1n) is 18.5. The molecular formula is C50H30N4S2. The Bertz CT molecular complexity index is 3110. The third kappa shape index (κ3) is 5.84. The summed E-state index contributed by atoms with van der Waals surface area (Å²) in [4.78, 5) is 18.8. The van der Waals surface area contributed by atoms with Crippen LogP contribution >= 0.6 is 22.7 Å². The molecule has 11 aromatic rings. The van der Waals surface area contributed by atoms with Gasteiger partial charge in [0.25, 0.3) is 0 Å². The van der Waals surface area contributed by atoms with Crippen molar-refractivity contribution in [2.24, 2.45) is 0 Å². The average molecular weight is 751 g/mol. The summed E-state index contributed by atoms with van der Waals surface area (Å²) >= 11 is 3.69. The van der Waals surface area contributed by atoms with Crippen molar-refractivity contribution in [3.63, 3.8) is 0 Å². The molecule has 0 bridgehead atoms. The molecule has 4 heterocycles. The van der Waals surface area contributed by atoms with Crippen molar-refractivity contribution >= 4 is 63.0 Å². The molecule has 0 aliphatic heterocycles. The summed E-state index contributed by atoms with van der Waals surface area (Å²) in [6.45, 7) is 0. The maximum atomic E-state index is 5.27. The third-order valence-electron chi connectivity index (χ3n) is 10.5. The van der Waals surface area contributed by atoms with Crippen LogP contribution < -0.4 is 0 Å². The molecule has 0 amide bonds. The zero-order valence-electron chi connectivity index (χ0n) is 29.9. The van der Waals surface area contributed by atoms with Gasteiger partial charge in [0.1, 0.15) is 6.33 Å². The van der Waals surface area contributed by atoms with Gasteiger partial charge in [-0.15, -0.1) is 22.7 Å². The van der Waals surface area contributed by atoms with Gasteiger partial charge in [-0.3, -0.25) is 0 Å². The van der Waals surface area contributed by atoms with E-state index in [-0.39, 0.29) is 0 Å². The Balaban J connectivity index is 1.11. The van der Waals surface area contributed by atoms with Gasteiger partial charge < -0.3 is 0 Å². The summed E-state index contributed by atoms with van der Waals surface area (Å²) in [6.07, 6.45) is 5.22. The number of aromatic nitrogens is 4. The van der Waals surface area contributed by atoms with Crippen LogP contribution in [0.15, 0.2) is 183 Å². The van der Waals surface area contributed by atoms with Gasteiger partial charge in [-0.1, -0.05) is 103 Å². The standard InChI is InChI=1S/C50H30N4S2/c1-2-8-33(9-3-1)50-53-44(32-16-14-31(15-17-32)39-28-51-30-52-29-39)27-45(54-50)38-23-36(34-18-20-48-42(25-34)40-10-4-6-12-46(40)55-48)22-37(24-38)35-19-21-49-43(26-35)41-11-5-7-13-47(41)56-49/h1-30H. The van der Waals surface area contributed by atoms with Gasteiger partial charge in [-0.25, -0.2) is 19.9 Å². The van der Waals surface area contributed by atoms with E-state index in [9.17, 15) is 0 Å². The molecule has 4 nitrogen and oxygen atoms in total. The van der Waals surface area contributed by atoms with E-state index >= 15 is 0 Å². The molecule has 6 heteroatoms. The molecular weight excluding hydrogens is 721 g/mol. The van der Waals surface area contributed by atoms with Crippen molar-refractivity contribution in [3.8, 4) is 67.3 Å². The minimum atomic E-state index is 0.683. The molecule has 0 radical (unpaired) electrons. The minimum Gasteiger partial charge on any atom is -0.244 e. The summed E-state index contributed by atoms with van der Waals surface area (Å²) in [5.74, 6) is 0.683. The highest BCUT2D eigenvalue weighted by Gasteiger charge is 2.16. The van der Waals surface area contributed by atoms with Crippen LogP contribution in [0.4, 0.5) is 0 Å². The van der Waals surface area contributed by atoms with Crippen molar-refractivity contribution in [1.82, 2.24) is 19.9 Å². The molecule has 0 unspecified atom stereocenters. The number of hydrogen-bond acceptors (Lipinski definition) is 6. The van der Waals surface area contributed by atoms with Gasteiger partial charge in [-0.2, -0.15) is 0 Å². The smallest absolute Gasteiger partial charge is 0.160 e. The van der Waals surface area contributed by atoms with Crippen molar-refractivity contribution in [1.29, 1.82) is 0 Å². The van der Waals surface area contributed by atoms with E-state index < -0.39 is 0 Å². The van der Waals surface area contributed by atoms with Crippen LogP contribution in [-0.4, -0.2) is 19.9 Å². The number of nitrogens with zero attached hydrogens (tertiary/aromatic N) is 4. The number of fused-ring (bicyclic) bond motifs is 6. The number of hydrogen-bond donors (Lipinski definition) is 0. The lowest BCUT2D eigenvalue weighted by molar-refractivity contribution is 1.17. The number of thiophene rings is 2. The van der Waals surface area contributed by atoms with Crippen molar-refractivity contribution in [2.45, 2.75) is 0 Å². The summed E-state index contributed by atoms with van der Waals surface area (Å²) in [7, 11) is 0. The van der Waals surface area contributed by atoms with Gasteiger partial charge >= 0.3 is 0 Å². The van der Waals surface area contributed by atoms with E-state index in [1.54, 1.807) is 6.33 Å². The van der Waals surface area contributed by atoms with Gasteiger partial charge in [-0.05, 0) is 88.5 Å². The number of benzene rings is 7. The molecule has 7 aromatic carbocycles. The molecule has 0 atom stereocenters. The van der Waals surface area contributed by atoms with Crippen LogP contribution in [0.3, 0.4) is 0 Å². The van der Waals surface area contributed by atoms with E-state index in [4.69, 9.17) is 9.97 Å².